The van der Waals surface area contributed by atoms with Crippen LogP contribution in [-0.4, -0.2) is 23.3 Å². The van der Waals surface area contributed by atoms with Gasteiger partial charge in [-0.2, -0.15) is 0 Å². The molecular formula is C10H18O3. The van der Waals surface area contributed by atoms with Crippen LogP contribution in [0.5, 0.6) is 0 Å². The van der Waals surface area contributed by atoms with Crippen LogP contribution >= 0.6 is 0 Å². The molecule has 0 aliphatic heterocycles. The summed E-state index contributed by atoms with van der Waals surface area (Å²) in [4.78, 5) is 11.6. The Balaban J connectivity index is 2.79. The van der Waals surface area contributed by atoms with Gasteiger partial charge in [0, 0.05) is 0 Å². The second kappa shape index (κ2) is 2.98. The van der Waals surface area contributed by atoms with Crippen LogP contribution in [0, 0.1) is 11.3 Å². The number of aliphatic hydroxyl groups is 1. The van der Waals surface area contributed by atoms with Crippen LogP contribution in [0.3, 0.4) is 0 Å². The summed E-state index contributed by atoms with van der Waals surface area (Å²) in [6.45, 7) is 7.47. The van der Waals surface area contributed by atoms with Gasteiger partial charge in [0.15, 0.2) is 0 Å². The average Bonchev–Trinajstić information content (AvgIpc) is 2.62. The van der Waals surface area contributed by atoms with Crippen LogP contribution < -0.4 is 0 Å². The van der Waals surface area contributed by atoms with Crippen LogP contribution in [0.15, 0.2) is 0 Å². The van der Waals surface area contributed by atoms with E-state index in [0.29, 0.717) is 6.61 Å². The first-order chi connectivity index (χ1) is 5.86. The summed E-state index contributed by atoms with van der Waals surface area (Å²) >= 11 is 0. The highest BCUT2D eigenvalue weighted by molar-refractivity contribution is 5.82. The highest BCUT2D eigenvalue weighted by Crippen LogP contribution is 2.59. The van der Waals surface area contributed by atoms with Gasteiger partial charge in [-0.1, -0.05) is 6.92 Å². The van der Waals surface area contributed by atoms with Gasteiger partial charge in [0.25, 0.3) is 0 Å². The molecule has 0 radical (unpaired) electrons. The van der Waals surface area contributed by atoms with E-state index >= 15 is 0 Å². The Morgan fingerprint density at radius 3 is 2.38 bits per heavy atom. The van der Waals surface area contributed by atoms with Gasteiger partial charge in [-0.25, -0.2) is 0 Å². The van der Waals surface area contributed by atoms with E-state index in [1.807, 2.05) is 6.92 Å². The van der Waals surface area contributed by atoms with Crippen molar-refractivity contribution < 1.29 is 14.6 Å². The summed E-state index contributed by atoms with van der Waals surface area (Å²) in [6, 6.07) is 0. The maximum Gasteiger partial charge on any atom is 0.315 e. The lowest BCUT2D eigenvalue weighted by Gasteiger charge is -2.28. The largest absolute Gasteiger partial charge is 0.465 e. The van der Waals surface area contributed by atoms with Crippen molar-refractivity contribution in [1.82, 2.24) is 0 Å². The minimum Gasteiger partial charge on any atom is -0.465 e. The Hall–Kier alpha value is -0.570. The first-order valence-electron chi connectivity index (χ1n) is 4.76. The fourth-order valence-electron chi connectivity index (χ4n) is 2.07. The monoisotopic (exact) mass is 186 g/mol. The first-order valence-corrected chi connectivity index (χ1v) is 4.76. The maximum absolute atomic E-state index is 11.6. The highest BCUT2D eigenvalue weighted by Gasteiger charge is 2.66. The summed E-state index contributed by atoms with van der Waals surface area (Å²) in [7, 11) is 0. The third-order valence-electron chi connectivity index (χ3n) is 3.04. The molecule has 1 fully saturated rings. The van der Waals surface area contributed by atoms with Crippen molar-refractivity contribution in [3.63, 3.8) is 0 Å². The molecule has 76 valence electrons. The standard InChI is InChI=1S/C10H18O3/c1-5-13-8(11)10(6-7(10)2)9(3,4)12/h7,12H,5-6H2,1-4H3. The van der Waals surface area contributed by atoms with Crippen molar-refractivity contribution in [2.24, 2.45) is 11.3 Å². The molecule has 3 heteroatoms. The van der Waals surface area contributed by atoms with Crippen molar-refractivity contribution in [2.75, 3.05) is 6.61 Å². The van der Waals surface area contributed by atoms with Crippen molar-refractivity contribution in [3.8, 4) is 0 Å². The lowest BCUT2D eigenvalue weighted by Crippen LogP contribution is -2.41. The van der Waals surface area contributed by atoms with Gasteiger partial charge in [0.1, 0.15) is 0 Å². The molecule has 0 heterocycles. The number of hydrogen-bond donors (Lipinski definition) is 1. The number of rotatable bonds is 3. The third-order valence-corrected chi connectivity index (χ3v) is 3.04. The summed E-state index contributed by atoms with van der Waals surface area (Å²) < 4.78 is 4.97. The van der Waals surface area contributed by atoms with E-state index in [4.69, 9.17) is 4.74 Å². The quantitative estimate of drug-likeness (QED) is 0.677. The zero-order valence-corrected chi connectivity index (χ0v) is 8.76. The molecular weight excluding hydrogens is 168 g/mol. The second-order valence-electron chi connectivity index (χ2n) is 4.36. The highest BCUT2D eigenvalue weighted by atomic mass is 16.5. The minimum atomic E-state index is -0.974. The van der Waals surface area contributed by atoms with E-state index in [-0.39, 0.29) is 11.9 Å². The topological polar surface area (TPSA) is 46.5 Å². The Kier molecular flexibility index (Phi) is 2.41. The molecule has 1 rings (SSSR count). The third kappa shape index (κ3) is 1.46. The predicted octanol–water partition coefficient (Wildman–Crippen LogP) is 1.35. The zero-order valence-electron chi connectivity index (χ0n) is 8.76. The molecule has 0 bridgehead atoms. The Bertz CT molecular complexity index is 217. The van der Waals surface area contributed by atoms with E-state index < -0.39 is 11.0 Å². The number of carbonyl (C=O) groups excluding carboxylic acids is 1. The van der Waals surface area contributed by atoms with Crippen LogP contribution in [0.4, 0.5) is 0 Å². The van der Waals surface area contributed by atoms with E-state index in [2.05, 4.69) is 0 Å². The van der Waals surface area contributed by atoms with Crippen molar-refractivity contribution in [2.45, 2.75) is 39.7 Å². The number of carbonyl (C=O) groups is 1. The first kappa shape index (κ1) is 10.5. The normalized spacial score (nSPS) is 32.8. The van der Waals surface area contributed by atoms with Gasteiger partial charge in [0.2, 0.25) is 0 Å². The van der Waals surface area contributed by atoms with Crippen molar-refractivity contribution in [1.29, 1.82) is 0 Å². The van der Waals surface area contributed by atoms with Crippen molar-refractivity contribution >= 4 is 5.97 Å². The zero-order chi connectivity index (χ0) is 10.3. The van der Waals surface area contributed by atoms with E-state index in [1.165, 1.54) is 0 Å². The van der Waals surface area contributed by atoms with Gasteiger partial charge >= 0.3 is 5.97 Å². The molecule has 1 aliphatic rings. The second-order valence-corrected chi connectivity index (χ2v) is 4.36. The molecule has 13 heavy (non-hydrogen) atoms. The summed E-state index contributed by atoms with van der Waals surface area (Å²) in [5.74, 6) is -0.0263. The smallest absolute Gasteiger partial charge is 0.315 e. The summed E-state index contributed by atoms with van der Waals surface area (Å²) in [6.07, 6.45) is 0.731. The van der Waals surface area contributed by atoms with Gasteiger partial charge in [-0.05, 0) is 33.1 Å². The Labute approximate surface area is 79.1 Å². The molecule has 0 aromatic heterocycles. The molecule has 0 spiro atoms. The van der Waals surface area contributed by atoms with Crippen LogP contribution in [0.25, 0.3) is 0 Å². The lowest BCUT2D eigenvalue weighted by molar-refractivity contribution is -0.160. The minimum absolute atomic E-state index is 0.228. The summed E-state index contributed by atoms with van der Waals surface area (Å²) in [5, 5.41) is 9.87. The average molecular weight is 186 g/mol. The van der Waals surface area contributed by atoms with Crippen LogP contribution in [0.2, 0.25) is 0 Å². The molecule has 1 N–H and O–H groups in total. The molecule has 0 aromatic carbocycles. The van der Waals surface area contributed by atoms with Crippen LogP contribution in [0.1, 0.15) is 34.1 Å². The fraction of sp³-hybridized carbons (Fsp3) is 0.900. The van der Waals surface area contributed by atoms with Crippen LogP contribution in [-0.2, 0) is 9.53 Å². The molecule has 0 saturated heterocycles. The van der Waals surface area contributed by atoms with Gasteiger partial charge in [-0.15, -0.1) is 0 Å². The lowest BCUT2D eigenvalue weighted by atomic mass is 9.85. The fourth-order valence-corrected chi connectivity index (χ4v) is 2.07. The number of ether oxygens (including phenoxy) is 1. The summed E-state index contributed by atoms with van der Waals surface area (Å²) in [5.41, 5.74) is -1.62. The van der Waals surface area contributed by atoms with Crippen molar-refractivity contribution in [3.05, 3.63) is 0 Å². The molecule has 3 nitrogen and oxygen atoms in total. The predicted molar refractivity (Wildman–Crippen MR) is 49.1 cm³/mol. The number of hydrogen-bond acceptors (Lipinski definition) is 3. The van der Waals surface area contributed by atoms with E-state index in [0.717, 1.165) is 6.42 Å². The van der Waals surface area contributed by atoms with Gasteiger partial charge in [-0.3, -0.25) is 4.79 Å². The molecule has 0 amide bonds. The maximum atomic E-state index is 11.6. The van der Waals surface area contributed by atoms with E-state index in [9.17, 15) is 9.90 Å². The van der Waals surface area contributed by atoms with Gasteiger partial charge < -0.3 is 9.84 Å². The molecule has 0 aromatic rings. The van der Waals surface area contributed by atoms with E-state index in [1.54, 1.807) is 20.8 Å². The Morgan fingerprint density at radius 2 is 2.15 bits per heavy atom. The van der Waals surface area contributed by atoms with Gasteiger partial charge in [0.05, 0.1) is 17.6 Å². The Morgan fingerprint density at radius 1 is 1.69 bits per heavy atom. The number of esters is 1. The molecule has 2 atom stereocenters. The molecule has 1 aliphatic carbocycles. The molecule has 2 unspecified atom stereocenters. The SMILES string of the molecule is CCOC(=O)C1(C(C)(C)O)CC1C. The molecule has 1 saturated carbocycles.